The van der Waals surface area contributed by atoms with Crippen LogP contribution in [0.4, 0.5) is 5.69 Å². The van der Waals surface area contributed by atoms with Crippen LogP contribution in [0.5, 0.6) is 0 Å². The molecule has 1 nitrogen and oxygen atoms in total. The summed E-state index contributed by atoms with van der Waals surface area (Å²) >= 11 is 8.98. The van der Waals surface area contributed by atoms with Gasteiger partial charge in [-0.05, 0) is 0 Å². The predicted octanol–water partition coefficient (Wildman–Crippen LogP) is 4.24. The third-order valence-electron chi connectivity index (χ3n) is 2.58. The second kappa shape index (κ2) is 5.38. The molecular weight excluding hydrogens is 525 g/mol. The SMILES string of the molecule is CN(C)c1cccc2cccc([Te](Br)(Br)Br)c12. The van der Waals surface area contributed by atoms with Crippen molar-refractivity contribution < 1.29 is 0 Å². The standard InChI is InChI=1S/C12H12Br3NTe/c1-16(2)10-7-3-5-9-6-4-8-11(12(9)10)17(13,14)15/h3-8H,1-2H3. The summed E-state index contributed by atoms with van der Waals surface area (Å²) in [6, 6.07) is 12.9. The van der Waals surface area contributed by atoms with Crippen LogP contribution in [-0.4, -0.2) is 25.7 Å². The zero-order valence-corrected chi connectivity index (χ0v) is 16.5. The molecule has 0 amide bonds. The summed E-state index contributed by atoms with van der Waals surface area (Å²) in [5, 5.41) is 2.61. The van der Waals surface area contributed by atoms with E-state index in [0.29, 0.717) is 0 Å². The molecule has 0 aromatic heterocycles. The Morgan fingerprint density at radius 2 is 1.53 bits per heavy atom. The van der Waals surface area contributed by atoms with Gasteiger partial charge < -0.3 is 0 Å². The van der Waals surface area contributed by atoms with Crippen LogP contribution in [0, 0.1) is 0 Å². The molecule has 17 heavy (non-hydrogen) atoms. The second-order valence-electron chi connectivity index (χ2n) is 3.93. The quantitative estimate of drug-likeness (QED) is 0.519. The minimum atomic E-state index is -2.41. The molecule has 0 unspecified atom stereocenters. The molecule has 92 valence electrons. The Hall–Kier alpha value is 0.730. The first kappa shape index (κ1) is 14.1. The Balaban J connectivity index is 2.86. The van der Waals surface area contributed by atoms with Crippen molar-refractivity contribution in [2.45, 2.75) is 0 Å². The third-order valence-corrected chi connectivity index (χ3v) is 12.0. The van der Waals surface area contributed by atoms with E-state index in [4.69, 9.17) is 0 Å². The normalized spacial score (nSPS) is 12.8. The van der Waals surface area contributed by atoms with Crippen LogP contribution in [0.25, 0.3) is 10.8 Å². The number of hydrogen-bond acceptors (Lipinski definition) is 1. The monoisotopic (exact) mass is 537 g/mol. The van der Waals surface area contributed by atoms with E-state index >= 15 is 0 Å². The number of rotatable bonds is 2. The fourth-order valence-corrected chi connectivity index (χ4v) is 9.24. The Bertz CT molecular complexity index is 544. The molecule has 0 spiro atoms. The van der Waals surface area contributed by atoms with Gasteiger partial charge in [-0.15, -0.1) is 0 Å². The molecule has 0 heterocycles. The van der Waals surface area contributed by atoms with Gasteiger partial charge in [0.1, 0.15) is 0 Å². The van der Waals surface area contributed by atoms with Crippen molar-refractivity contribution in [1.82, 2.24) is 0 Å². The minimum absolute atomic E-state index is 1.26. The van der Waals surface area contributed by atoms with Crippen LogP contribution in [0.1, 0.15) is 0 Å². The summed E-state index contributed by atoms with van der Waals surface area (Å²) in [5.41, 5.74) is 1.26. The summed E-state index contributed by atoms with van der Waals surface area (Å²) < 4.78 is 1.36. The van der Waals surface area contributed by atoms with E-state index in [-0.39, 0.29) is 0 Å². The van der Waals surface area contributed by atoms with Crippen molar-refractivity contribution in [3.63, 3.8) is 0 Å². The van der Waals surface area contributed by atoms with Gasteiger partial charge in [-0.3, -0.25) is 0 Å². The van der Waals surface area contributed by atoms with Crippen LogP contribution in [0.3, 0.4) is 0 Å². The Kier molecular flexibility index (Phi) is 4.48. The van der Waals surface area contributed by atoms with Crippen molar-refractivity contribution in [3.8, 4) is 0 Å². The number of hydrogen-bond donors (Lipinski definition) is 0. The molecule has 0 radical (unpaired) electrons. The molecule has 0 fully saturated rings. The number of benzene rings is 2. The van der Waals surface area contributed by atoms with E-state index in [1.54, 1.807) is 0 Å². The van der Waals surface area contributed by atoms with Gasteiger partial charge in [0.15, 0.2) is 0 Å². The van der Waals surface area contributed by atoms with E-state index in [1.165, 1.54) is 20.1 Å². The van der Waals surface area contributed by atoms with E-state index in [2.05, 4.69) is 93.7 Å². The number of nitrogens with zero attached hydrogens (tertiary/aromatic N) is 1. The van der Waals surface area contributed by atoms with Gasteiger partial charge in [0.05, 0.1) is 0 Å². The first-order valence-corrected chi connectivity index (χ1v) is 21.9. The molecule has 5 heteroatoms. The maximum atomic E-state index is 3.80. The zero-order chi connectivity index (χ0) is 12.6. The molecular formula is C12H12Br3NTe. The third kappa shape index (κ3) is 3.01. The molecule has 0 aliphatic heterocycles. The van der Waals surface area contributed by atoms with Gasteiger partial charge in [0.25, 0.3) is 0 Å². The van der Waals surface area contributed by atoms with Crippen LogP contribution in [0.2, 0.25) is 0 Å². The molecule has 2 aromatic carbocycles. The summed E-state index contributed by atoms with van der Waals surface area (Å²) in [5.74, 6) is 0. The number of halogens is 3. The summed E-state index contributed by atoms with van der Waals surface area (Å²) in [7, 11) is 4.16. The summed E-state index contributed by atoms with van der Waals surface area (Å²) in [6.45, 7) is 0. The van der Waals surface area contributed by atoms with Gasteiger partial charge in [-0.25, -0.2) is 0 Å². The van der Waals surface area contributed by atoms with E-state index in [0.717, 1.165) is 0 Å². The second-order valence-corrected chi connectivity index (χ2v) is 44.5. The number of fused-ring (bicyclic) bond motifs is 1. The Morgan fingerprint density at radius 1 is 0.941 bits per heavy atom. The van der Waals surface area contributed by atoms with Crippen molar-refractivity contribution in [3.05, 3.63) is 36.4 Å². The molecule has 0 N–H and O–H groups in total. The van der Waals surface area contributed by atoms with Gasteiger partial charge in [-0.2, -0.15) is 0 Å². The average molecular weight is 538 g/mol. The molecule has 2 rings (SSSR count). The molecule has 0 aliphatic carbocycles. The van der Waals surface area contributed by atoms with Crippen LogP contribution >= 0.6 is 38.3 Å². The summed E-state index contributed by atoms with van der Waals surface area (Å²) in [6.07, 6.45) is 0. The molecule has 0 bridgehead atoms. The molecule has 2 aromatic rings. The van der Waals surface area contributed by atoms with Crippen LogP contribution < -0.4 is 8.51 Å². The van der Waals surface area contributed by atoms with Gasteiger partial charge in [0, 0.05) is 0 Å². The fraction of sp³-hybridized carbons (Fsp3) is 0.167. The molecule has 0 saturated carbocycles. The van der Waals surface area contributed by atoms with E-state index < -0.39 is 11.6 Å². The first-order valence-electron chi connectivity index (χ1n) is 5.02. The fourth-order valence-electron chi connectivity index (χ4n) is 1.85. The first-order chi connectivity index (χ1) is 7.91. The van der Waals surface area contributed by atoms with Crippen LogP contribution in [0.15, 0.2) is 36.4 Å². The van der Waals surface area contributed by atoms with Gasteiger partial charge >= 0.3 is 125 Å². The predicted molar refractivity (Wildman–Crippen MR) is 90.4 cm³/mol. The van der Waals surface area contributed by atoms with Gasteiger partial charge in [0.2, 0.25) is 0 Å². The number of anilines is 1. The van der Waals surface area contributed by atoms with Crippen molar-refractivity contribution in [1.29, 1.82) is 0 Å². The van der Waals surface area contributed by atoms with Crippen molar-refractivity contribution in [2.24, 2.45) is 0 Å². The molecule has 0 saturated heterocycles. The average Bonchev–Trinajstić information content (AvgIpc) is 2.26. The molecule has 0 aliphatic rings. The summed E-state index contributed by atoms with van der Waals surface area (Å²) in [4.78, 5) is 2.16. The van der Waals surface area contributed by atoms with E-state index in [9.17, 15) is 0 Å². The molecule has 0 atom stereocenters. The van der Waals surface area contributed by atoms with Crippen molar-refractivity contribution in [2.75, 3.05) is 19.0 Å². The van der Waals surface area contributed by atoms with Crippen LogP contribution in [-0.2, 0) is 0 Å². The maximum absolute atomic E-state index is 3.80. The van der Waals surface area contributed by atoms with E-state index in [1.807, 2.05) is 0 Å². The zero-order valence-electron chi connectivity index (χ0n) is 9.45. The van der Waals surface area contributed by atoms with Crippen molar-refractivity contribution >= 4 is 69.9 Å². The Morgan fingerprint density at radius 3 is 2.06 bits per heavy atom. The topological polar surface area (TPSA) is 3.24 Å². The van der Waals surface area contributed by atoms with Gasteiger partial charge in [-0.1, -0.05) is 0 Å². The Labute approximate surface area is 124 Å².